The van der Waals surface area contributed by atoms with Gasteiger partial charge in [-0.2, -0.15) is 4.31 Å². The minimum atomic E-state index is -3.63. The maximum Gasteiger partial charge on any atom is 0.253 e. The molecule has 1 fully saturated rings. The van der Waals surface area contributed by atoms with E-state index < -0.39 is 16.1 Å². The summed E-state index contributed by atoms with van der Waals surface area (Å²) in [7, 11) is -2.12. The monoisotopic (exact) mass is 303 g/mol. The number of thiophene rings is 1. The van der Waals surface area contributed by atoms with Crippen molar-refractivity contribution < 1.29 is 13.2 Å². The third kappa shape index (κ3) is 2.75. The van der Waals surface area contributed by atoms with E-state index in [1.165, 1.54) is 17.4 Å². The van der Waals surface area contributed by atoms with Crippen molar-refractivity contribution in [3.05, 3.63) is 11.4 Å². The summed E-state index contributed by atoms with van der Waals surface area (Å²) in [4.78, 5) is 11.8. The lowest BCUT2D eigenvalue weighted by Crippen LogP contribution is -2.50. The smallest absolute Gasteiger partial charge is 0.253 e. The van der Waals surface area contributed by atoms with Gasteiger partial charge >= 0.3 is 0 Å². The second kappa shape index (κ2) is 5.48. The van der Waals surface area contributed by atoms with Gasteiger partial charge in [0.05, 0.1) is 0 Å². The summed E-state index contributed by atoms with van der Waals surface area (Å²) in [5.41, 5.74) is 6.00. The molecule has 3 N–H and O–H groups in total. The molecule has 0 spiro atoms. The highest BCUT2D eigenvalue weighted by atomic mass is 32.2. The topological polar surface area (TPSA) is 92.5 Å². The normalized spacial score (nSPS) is 21.2. The number of hydrogen-bond donors (Lipinski definition) is 2. The number of carbonyl (C=O) groups is 1. The van der Waals surface area contributed by atoms with Crippen LogP contribution in [-0.4, -0.2) is 38.3 Å². The van der Waals surface area contributed by atoms with E-state index >= 15 is 0 Å². The molecule has 1 saturated heterocycles. The van der Waals surface area contributed by atoms with Crippen molar-refractivity contribution in [1.82, 2.24) is 9.62 Å². The van der Waals surface area contributed by atoms with Crippen LogP contribution >= 0.6 is 11.3 Å². The average Bonchev–Trinajstić information content (AvgIpc) is 2.85. The summed E-state index contributed by atoms with van der Waals surface area (Å²) in [5.74, 6) is -0.257. The van der Waals surface area contributed by atoms with Gasteiger partial charge in [-0.3, -0.25) is 4.79 Å². The van der Waals surface area contributed by atoms with Crippen LogP contribution in [0.25, 0.3) is 0 Å². The summed E-state index contributed by atoms with van der Waals surface area (Å²) in [6, 6.07) is 0.822. The average molecular weight is 303 g/mol. The van der Waals surface area contributed by atoms with Crippen LogP contribution < -0.4 is 11.1 Å². The molecular formula is C11H17N3O3S2. The Hall–Kier alpha value is -1.12. The second-order valence-corrected chi connectivity index (χ2v) is 7.47. The predicted molar refractivity (Wildman–Crippen MR) is 74.3 cm³/mol. The molecule has 1 aliphatic heterocycles. The highest BCUT2D eigenvalue weighted by Gasteiger charge is 2.37. The Kier molecular flexibility index (Phi) is 4.12. The van der Waals surface area contributed by atoms with Crippen LogP contribution in [0.4, 0.5) is 5.69 Å². The van der Waals surface area contributed by atoms with Gasteiger partial charge in [-0.05, 0) is 18.9 Å². The van der Waals surface area contributed by atoms with E-state index in [2.05, 4.69) is 5.32 Å². The van der Waals surface area contributed by atoms with Gasteiger partial charge in [0.15, 0.2) is 0 Å². The number of nitrogen functional groups attached to an aromatic ring is 1. The number of hydrogen-bond acceptors (Lipinski definition) is 5. The van der Waals surface area contributed by atoms with Crippen LogP contribution in [0.15, 0.2) is 15.7 Å². The van der Waals surface area contributed by atoms with Crippen molar-refractivity contribution in [1.29, 1.82) is 0 Å². The zero-order chi connectivity index (χ0) is 14.0. The zero-order valence-corrected chi connectivity index (χ0v) is 12.3. The SMILES string of the molecule is CNC(=O)C1CCCCN1S(=O)(=O)c1cc(N)cs1. The summed E-state index contributed by atoms with van der Waals surface area (Å²) >= 11 is 1.09. The van der Waals surface area contributed by atoms with Gasteiger partial charge in [0, 0.05) is 24.7 Å². The number of piperidine rings is 1. The minimum absolute atomic E-state index is 0.195. The first-order valence-electron chi connectivity index (χ1n) is 6.04. The van der Waals surface area contributed by atoms with E-state index in [-0.39, 0.29) is 10.1 Å². The lowest BCUT2D eigenvalue weighted by molar-refractivity contribution is -0.125. The first-order valence-corrected chi connectivity index (χ1v) is 8.36. The van der Waals surface area contributed by atoms with E-state index in [0.29, 0.717) is 18.7 Å². The molecule has 2 rings (SSSR count). The van der Waals surface area contributed by atoms with Gasteiger partial charge in [0.2, 0.25) is 5.91 Å². The minimum Gasteiger partial charge on any atom is -0.398 e. The van der Waals surface area contributed by atoms with Gasteiger partial charge in [-0.15, -0.1) is 11.3 Å². The molecule has 0 aliphatic carbocycles. The third-order valence-corrected chi connectivity index (χ3v) is 6.50. The molecule has 1 unspecified atom stereocenters. The summed E-state index contributed by atoms with van der Waals surface area (Å²) in [6.07, 6.45) is 2.18. The first kappa shape index (κ1) is 14.3. The van der Waals surface area contributed by atoms with Gasteiger partial charge in [-0.1, -0.05) is 6.42 Å². The molecule has 1 aromatic rings. The summed E-state index contributed by atoms with van der Waals surface area (Å²) < 4.78 is 26.6. The molecule has 0 aromatic carbocycles. The van der Waals surface area contributed by atoms with E-state index in [1.54, 1.807) is 5.38 Å². The van der Waals surface area contributed by atoms with Crippen molar-refractivity contribution in [2.75, 3.05) is 19.3 Å². The number of likely N-dealkylation sites (N-methyl/N-ethyl adjacent to an activating group) is 1. The number of anilines is 1. The van der Waals surface area contributed by atoms with Gasteiger partial charge in [0.1, 0.15) is 10.3 Å². The Morgan fingerprint density at radius 2 is 2.26 bits per heavy atom. The first-order chi connectivity index (χ1) is 8.96. The fourth-order valence-corrected chi connectivity index (χ4v) is 5.07. The van der Waals surface area contributed by atoms with Crippen molar-refractivity contribution in [2.24, 2.45) is 0 Å². The van der Waals surface area contributed by atoms with Gasteiger partial charge in [0.25, 0.3) is 10.0 Å². The van der Waals surface area contributed by atoms with Crippen molar-refractivity contribution in [3.63, 3.8) is 0 Å². The number of nitrogens with zero attached hydrogens (tertiary/aromatic N) is 1. The Morgan fingerprint density at radius 3 is 2.84 bits per heavy atom. The van der Waals surface area contributed by atoms with Crippen molar-refractivity contribution >= 4 is 33.0 Å². The molecule has 106 valence electrons. The Labute approximate surface area is 116 Å². The Morgan fingerprint density at radius 1 is 1.53 bits per heavy atom. The molecule has 1 aliphatic rings. The standard InChI is InChI=1S/C11H17N3O3S2/c1-13-11(15)9-4-2-3-5-14(9)19(16,17)10-6-8(12)7-18-10/h6-7,9H,2-5,12H2,1H3,(H,13,15). The molecule has 0 bridgehead atoms. The Balaban J connectivity index is 2.34. The largest absolute Gasteiger partial charge is 0.398 e. The molecule has 6 nitrogen and oxygen atoms in total. The van der Waals surface area contributed by atoms with E-state index in [9.17, 15) is 13.2 Å². The van der Waals surface area contributed by atoms with Crippen LogP contribution in [0.2, 0.25) is 0 Å². The van der Waals surface area contributed by atoms with E-state index in [4.69, 9.17) is 5.73 Å². The molecule has 19 heavy (non-hydrogen) atoms. The fourth-order valence-electron chi connectivity index (χ4n) is 2.20. The van der Waals surface area contributed by atoms with Crippen LogP contribution in [0.5, 0.6) is 0 Å². The van der Waals surface area contributed by atoms with E-state index in [0.717, 1.165) is 24.2 Å². The molecule has 1 atom stereocenters. The zero-order valence-electron chi connectivity index (χ0n) is 10.6. The molecule has 0 saturated carbocycles. The number of nitrogens with one attached hydrogen (secondary N) is 1. The lowest BCUT2D eigenvalue weighted by Gasteiger charge is -2.32. The fraction of sp³-hybridized carbons (Fsp3) is 0.545. The quantitative estimate of drug-likeness (QED) is 0.856. The van der Waals surface area contributed by atoms with Crippen molar-refractivity contribution in [2.45, 2.75) is 29.5 Å². The number of carbonyl (C=O) groups excluding carboxylic acids is 1. The summed E-state index contributed by atoms with van der Waals surface area (Å²) in [6.45, 7) is 0.373. The molecule has 1 amide bonds. The van der Waals surface area contributed by atoms with Crippen LogP contribution in [-0.2, 0) is 14.8 Å². The predicted octanol–water partition coefficient (Wildman–Crippen LogP) is 0.619. The third-order valence-electron chi connectivity index (χ3n) is 3.16. The van der Waals surface area contributed by atoms with E-state index in [1.807, 2.05) is 0 Å². The van der Waals surface area contributed by atoms with Crippen LogP contribution in [0.3, 0.4) is 0 Å². The summed E-state index contributed by atoms with van der Waals surface area (Å²) in [5, 5.41) is 4.12. The highest BCUT2D eigenvalue weighted by molar-refractivity contribution is 7.91. The number of amides is 1. The highest BCUT2D eigenvalue weighted by Crippen LogP contribution is 2.29. The van der Waals surface area contributed by atoms with Crippen LogP contribution in [0.1, 0.15) is 19.3 Å². The molecule has 8 heteroatoms. The lowest BCUT2D eigenvalue weighted by atomic mass is 10.0. The van der Waals surface area contributed by atoms with Gasteiger partial charge in [-0.25, -0.2) is 8.42 Å². The van der Waals surface area contributed by atoms with Crippen LogP contribution in [0, 0.1) is 0 Å². The second-order valence-electron chi connectivity index (χ2n) is 4.44. The molecule has 2 heterocycles. The molecular weight excluding hydrogens is 286 g/mol. The number of rotatable bonds is 3. The van der Waals surface area contributed by atoms with Gasteiger partial charge < -0.3 is 11.1 Å². The Bertz CT molecular complexity index is 567. The maximum absolute atomic E-state index is 12.5. The molecule has 0 radical (unpaired) electrons. The maximum atomic E-state index is 12.5. The molecule has 1 aromatic heterocycles. The number of sulfonamides is 1. The number of nitrogens with two attached hydrogens (primary N) is 1. The van der Waals surface area contributed by atoms with Crippen molar-refractivity contribution in [3.8, 4) is 0 Å².